The summed E-state index contributed by atoms with van der Waals surface area (Å²) in [6.07, 6.45) is 3.42. The van der Waals surface area contributed by atoms with Gasteiger partial charge in [-0.05, 0) is 56.5 Å². The Balaban J connectivity index is 1.62. The molecule has 0 bridgehead atoms. The number of anilines is 3. The minimum absolute atomic E-state index is 0.0656. The van der Waals surface area contributed by atoms with Crippen LogP contribution in [0.4, 0.5) is 21.5 Å². The van der Waals surface area contributed by atoms with Crippen LogP contribution in [-0.2, 0) is 0 Å². The van der Waals surface area contributed by atoms with E-state index in [1.54, 1.807) is 12.1 Å². The number of ketones is 1. The Labute approximate surface area is 184 Å². The van der Waals surface area contributed by atoms with E-state index in [4.69, 9.17) is 4.52 Å². The molecule has 1 aromatic heterocycles. The van der Waals surface area contributed by atoms with Gasteiger partial charge in [0.25, 0.3) is 0 Å². The zero-order valence-electron chi connectivity index (χ0n) is 17.7. The topological polar surface area (TPSA) is 58.4 Å². The fourth-order valence-corrected chi connectivity index (χ4v) is 5.00. The maximum atomic E-state index is 13.6. The van der Waals surface area contributed by atoms with Gasteiger partial charge in [0, 0.05) is 29.4 Å². The number of halogens is 1. The van der Waals surface area contributed by atoms with Crippen molar-refractivity contribution in [2.75, 3.05) is 16.8 Å². The van der Waals surface area contributed by atoms with Crippen LogP contribution in [0.15, 0.2) is 59.1 Å². The third-order valence-corrected chi connectivity index (χ3v) is 6.61. The van der Waals surface area contributed by atoms with Gasteiger partial charge in [-0.3, -0.25) is 4.79 Å². The van der Waals surface area contributed by atoms with Gasteiger partial charge in [-0.2, -0.15) is 0 Å². The van der Waals surface area contributed by atoms with Gasteiger partial charge in [0.05, 0.1) is 22.3 Å². The molecule has 2 aliphatic rings. The highest BCUT2D eigenvalue weighted by atomic mass is 19.1. The molecule has 3 aromatic carbocycles. The van der Waals surface area contributed by atoms with E-state index in [1.807, 2.05) is 30.3 Å². The van der Waals surface area contributed by atoms with E-state index in [9.17, 15) is 9.18 Å². The SMILES string of the molecule is C[C@H]1CCCCN1c1cc(Nc2ccc(F)cc2)c2c3c(onc13)-c1ccccc1C2=O. The van der Waals surface area contributed by atoms with E-state index in [2.05, 4.69) is 22.3 Å². The molecule has 0 radical (unpaired) electrons. The van der Waals surface area contributed by atoms with Crippen molar-refractivity contribution in [1.82, 2.24) is 5.16 Å². The molecule has 1 fully saturated rings. The monoisotopic (exact) mass is 427 g/mol. The van der Waals surface area contributed by atoms with Gasteiger partial charge < -0.3 is 14.7 Å². The standard InChI is InChI=1S/C26H22FN3O2/c1-15-6-4-5-13-30(15)21-14-20(28-17-11-9-16(27)10-12-17)22-23-24(21)29-32-26(23)19-8-3-2-7-18(19)25(22)31/h2-3,7-12,14-15,28H,4-6,13H2,1H3/t15-/m0/s1. The van der Waals surface area contributed by atoms with Crippen molar-refractivity contribution in [3.05, 3.63) is 71.5 Å². The van der Waals surface area contributed by atoms with E-state index in [0.29, 0.717) is 34.3 Å². The Morgan fingerprint density at radius 3 is 2.66 bits per heavy atom. The van der Waals surface area contributed by atoms with Crippen LogP contribution in [0.2, 0.25) is 0 Å². The highest BCUT2D eigenvalue weighted by Gasteiger charge is 2.34. The second-order valence-electron chi connectivity index (χ2n) is 8.60. The summed E-state index contributed by atoms with van der Waals surface area (Å²) in [7, 11) is 0. The fourth-order valence-electron chi connectivity index (χ4n) is 5.00. The van der Waals surface area contributed by atoms with E-state index in [-0.39, 0.29) is 11.6 Å². The van der Waals surface area contributed by atoms with Crippen LogP contribution < -0.4 is 10.2 Å². The highest BCUT2D eigenvalue weighted by molar-refractivity contribution is 6.28. The highest BCUT2D eigenvalue weighted by Crippen LogP contribution is 2.47. The molecule has 6 heteroatoms. The summed E-state index contributed by atoms with van der Waals surface area (Å²) in [6.45, 7) is 3.15. The summed E-state index contributed by atoms with van der Waals surface area (Å²) in [5, 5.41) is 8.56. The molecule has 1 atom stereocenters. The number of benzene rings is 3. The van der Waals surface area contributed by atoms with Crippen molar-refractivity contribution in [3.8, 4) is 11.3 Å². The Kier molecular flexibility index (Phi) is 4.28. The lowest BCUT2D eigenvalue weighted by Crippen LogP contribution is -2.37. The number of rotatable bonds is 3. The first-order chi connectivity index (χ1) is 15.6. The largest absolute Gasteiger partial charge is 0.367 e. The first-order valence-corrected chi connectivity index (χ1v) is 11.0. The van der Waals surface area contributed by atoms with E-state index < -0.39 is 0 Å². The van der Waals surface area contributed by atoms with Gasteiger partial charge in [0.15, 0.2) is 11.5 Å². The molecule has 0 amide bonds. The summed E-state index contributed by atoms with van der Waals surface area (Å²) in [5.41, 5.74) is 4.99. The molecule has 1 saturated heterocycles. The third-order valence-electron chi connectivity index (χ3n) is 6.61. The van der Waals surface area contributed by atoms with Gasteiger partial charge in [-0.25, -0.2) is 4.39 Å². The van der Waals surface area contributed by atoms with E-state index in [1.165, 1.54) is 18.6 Å². The number of hydrogen-bond acceptors (Lipinski definition) is 5. The molecular formula is C26H22FN3O2. The normalized spacial score (nSPS) is 17.5. The molecule has 1 aliphatic heterocycles. The van der Waals surface area contributed by atoms with E-state index in [0.717, 1.165) is 41.5 Å². The first-order valence-electron chi connectivity index (χ1n) is 11.0. The smallest absolute Gasteiger partial charge is 0.196 e. The van der Waals surface area contributed by atoms with Crippen LogP contribution in [0.5, 0.6) is 0 Å². The number of nitrogens with one attached hydrogen (secondary N) is 1. The number of fused-ring (bicyclic) bond motifs is 2. The first kappa shape index (κ1) is 19.0. The maximum absolute atomic E-state index is 13.6. The van der Waals surface area contributed by atoms with Gasteiger partial charge in [-0.15, -0.1) is 0 Å². The van der Waals surface area contributed by atoms with E-state index >= 15 is 0 Å². The second kappa shape index (κ2) is 7.19. The molecule has 1 aliphatic carbocycles. The number of nitrogens with zero attached hydrogens (tertiary/aromatic N) is 2. The zero-order chi connectivity index (χ0) is 21.8. The van der Waals surface area contributed by atoms with Gasteiger partial charge in [-0.1, -0.05) is 29.4 Å². The Morgan fingerprint density at radius 1 is 1.09 bits per heavy atom. The second-order valence-corrected chi connectivity index (χ2v) is 8.60. The molecular weight excluding hydrogens is 405 g/mol. The molecule has 0 saturated carbocycles. The predicted molar refractivity (Wildman–Crippen MR) is 123 cm³/mol. The summed E-state index contributed by atoms with van der Waals surface area (Å²) in [5.74, 6) is 0.254. The average molecular weight is 427 g/mol. The van der Waals surface area contributed by atoms with Crippen molar-refractivity contribution < 1.29 is 13.7 Å². The average Bonchev–Trinajstić information content (AvgIpc) is 3.25. The molecule has 1 N–H and O–H groups in total. The number of carbonyl (C=O) groups excluding carboxylic acids is 1. The van der Waals surface area contributed by atoms with Crippen LogP contribution in [-0.4, -0.2) is 23.5 Å². The third kappa shape index (κ3) is 2.83. The van der Waals surface area contributed by atoms with Crippen molar-refractivity contribution >= 4 is 33.7 Å². The summed E-state index contributed by atoms with van der Waals surface area (Å²) >= 11 is 0. The lowest BCUT2D eigenvalue weighted by atomic mass is 9.86. The number of piperidine rings is 1. The zero-order valence-corrected chi connectivity index (χ0v) is 17.7. The minimum Gasteiger partial charge on any atom is -0.367 e. The van der Waals surface area contributed by atoms with Crippen LogP contribution >= 0.6 is 0 Å². The van der Waals surface area contributed by atoms with Crippen molar-refractivity contribution in [3.63, 3.8) is 0 Å². The number of aromatic nitrogens is 1. The molecule has 32 heavy (non-hydrogen) atoms. The summed E-state index contributed by atoms with van der Waals surface area (Å²) < 4.78 is 19.3. The molecule has 4 aromatic rings. The van der Waals surface area contributed by atoms with Crippen LogP contribution in [0.3, 0.4) is 0 Å². The Bertz CT molecular complexity index is 1360. The van der Waals surface area contributed by atoms with Gasteiger partial charge in [0.1, 0.15) is 11.3 Å². The maximum Gasteiger partial charge on any atom is 0.196 e. The molecule has 5 nitrogen and oxygen atoms in total. The van der Waals surface area contributed by atoms with Gasteiger partial charge >= 0.3 is 0 Å². The van der Waals surface area contributed by atoms with Crippen LogP contribution in [0.1, 0.15) is 42.1 Å². The van der Waals surface area contributed by atoms with Crippen LogP contribution in [0, 0.1) is 5.82 Å². The summed E-state index contributed by atoms with van der Waals surface area (Å²) in [4.78, 5) is 16.0. The Morgan fingerprint density at radius 2 is 1.88 bits per heavy atom. The molecule has 0 spiro atoms. The molecule has 6 rings (SSSR count). The number of carbonyl (C=O) groups is 1. The molecule has 160 valence electrons. The predicted octanol–water partition coefficient (Wildman–Crippen LogP) is 6.30. The van der Waals surface area contributed by atoms with Crippen molar-refractivity contribution in [1.29, 1.82) is 0 Å². The minimum atomic E-state index is -0.304. The molecule has 2 heterocycles. The van der Waals surface area contributed by atoms with Crippen molar-refractivity contribution in [2.45, 2.75) is 32.2 Å². The fraction of sp³-hybridized carbons (Fsp3) is 0.231. The number of hydrogen-bond donors (Lipinski definition) is 1. The lowest BCUT2D eigenvalue weighted by molar-refractivity contribution is 0.104. The molecule has 0 unspecified atom stereocenters. The quantitative estimate of drug-likeness (QED) is 0.366. The van der Waals surface area contributed by atoms with Gasteiger partial charge in [0.2, 0.25) is 0 Å². The Hall–Kier alpha value is -3.67. The van der Waals surface area contributed by atoms with Crippen LogP contribution in [0.25, 0.3) is 22.2 Å². The summed E-state index contributed by atoms with van der Waals surface area (Å²) in [6, 6.07) is 16.0. The lowest BCUT2D eigenvalue weighted by Gasteiger charge is -2.36. The van der Waals surface area contributed by atoms with Crippen molar-refractivity contribution in [2.24, 2.45) is 0 Å².